The number of carbonyl (C=O) groups is 1. The van der Waals surface area contributed by atoms with E-state index in [9.17, 15) is 9.18 Å². The summed E-state index contributed by atoms with van der Waals surface area (Å²) < 4.78 is 30.8. The van der Waals surface area contributed by atoms with Crippen LogP contribution >= 0.6 is 0 Å². The lowest BCUT2D eigenvalue weighted by atomic mass is 10.0. The van der Waals surface area contributed by atoms with E-state index in [2.05, 4.69) is 9.80 Å². The molecule has 3 heterocycles. The van der Waals surface area contributed by atoms with Gasteiger partial charge in [0.1, 0.15) is 24.0 Å². The standard InChI is InChI=1S/C23H23FN2O4/c24-17-3-1-2-16(12-17)13-21-22(27)18-4-5-20-19(23(18)30-21)14-26(15-29-20)7-6-25-8-10-28-11-9-25/h1-5,12-13H,6-11,14-15H2. The van der Waals surface area contributed by atoms with Crippen molar-refractivity contribution in [1.82, 2.24) is 9.80 Å². The third kappa shape index (κ3) is 3.84. The number of ether oxygens (including phenoxy) is 3. The number of benzene rings is 2. The highest BCUT2D eigenvalue weighted by Gasteiger charge is 2.33. The number of fused-ring (bicyclic) bond motifs is 3. The fraction of sp³-hybridized carbons (Fsp3) is 0.348. The minimum Gasteiger partial charge on any atom is -0.478 e. The van der Waals surface area contributed by atoms with Crippen LogP contribution in [-0.4, -0.2) is 61.7 Å². The van der Waals surface area contributed by atoms with Crippen LogP contribution in [0.25, 0.3) is 6.08 Å². The molecule has 6 nitrogen and oxygen atoms in total. The quantitative estimate of drug-likeness (QED) is 0.723. The Morgan fingerprint density at radius 3 is 2.73 bits per heavy atom. The largest absolute Gasteiger partial charge is 0.478 e. The molecular weight excluding hydrogens is 387 g/mol. The smallest absolute Gasteiger partial charge is 0.231 e. The van der Waals surface area contributed by atoms with Gasteiger partial charge in [0.05, 0.1) is 24.3 Å². The highest BCUT2D eigenvalue weighted by molar-refractivity contribution is 6.15. The number of ketones is 1. The summed E-state index contributed by atoms with van der Waals surface area (Å²) >= 11 is 0. The van der Waals surface area contributed by atoms with E-state index < -0.39 is 0 Å². The zero-order valence-electron chi connectivity index (χ0n) is 16.6. The number of rotatable bonds is 4. The van der Waals surface area contributed by atoms with Crippen LogP contribution in [0.3, 0.4) is 0 Å². The molecule has 3 aliphatic rings. The van der Waals surface area contributed by atoms with Crippen molar-refractivity contribution in [2.45, 2.75) is 6.54 Å². The lowest BCUT2D eigenvalue weighted by Crippen LogP contribution is -2.43. The van der Waals surface area contributed by atoms with Gasteiger partial charge in [-0.1, -0.05) is 12.1 Å². The molecule has 1 saturated heterocycles. The first-order chi connectivity index (χ1) is 14.7. The van der Waals surface area contributed by atoms with Crippen molar-refractivity contribution < 1.29 is 23.4 Å². The molecule has 0 saturated carbocycles. The van der Waals surface area contributed by atoms with Crippen LogP contribution < -0.4 is 9.47 Å². The maximum absolute atomic E-state index is 13.5. The monoisotopic (exact) mass is 410 g/mol. The average molecular weight is 410 g/mol. The molecule has 0 aromatic heterocycles. The Morgan fingerprint density at radius 2 is 1.90 bits per heavy atom. The molecule has 5 rings (SSSR count). The number of halogens is 1. The zero-order valence-corrected chi connectivity index (χ0v) is 16.6. The molecule has 0 unspecified atom stereocenters. The first-order valence-corrected chi connectivity index (χ1v) is 10.2. The van der Waals surface area contributed by atoms with Gasteiger partial charge in [-0.2, -0.15) is 0 Å². The van der Waals surface area contributed by atoms with Gasteiger partial charge in [-0.15, -0.1) is 0 Å². The summed E-state index contributed by atoms with van der Waals surface area (Å²) in [6.45, 7) is 6.44. The normalized spacial score (nSPS) is 20.6. The molecule has 156 valence electrons. The van der Waals surface area contributed by atoms with Crippen molar-refractivity contribution >= 4 is 11.9 Å². The molecule has 7 heteroatoms. The van der Waals surface area contributed by atoms with E-state index in [-0.39, 0.29) is 17.4 Å². The summed E-state index contributed by atoms with van der Waals surface area (Å²) in [4.78, 5) is 17.4. The molecule has 2 aromatic rings. The van der Waals surface area contributed by atoms with Crippen molar-refractivity contribution in [3.05, 3.63) is 64.7 Å². The Bertz CT molecular complexity index is 1000. The van der Waals surface area contributed by atoms with Crippen LogP contribution in [0.4, 0.5) is 4.39 Å². The Labute approximate surface area is 174 Å². The predicted molar refractivity (Wildman–Crippen MR) is 109 cm³/mol. The second-order valence-electron chi connectivity index (χ2n) is 7.69. The Hall–Kier alpha value is -2.74. The molecule has 2 aromatic carbocycles. The number of carbonyl (C=O) groups excluding carboxylic acids is 1. The summed E-state index contributed by atoms with van der Waals surface area (Å²) in [5, 5.41) is 0. The SMILES string of the molecule is O=C1C(=Cc2cccc(F)c2)Oc2c1ccc1c2CN(CCN2CCOCC2)CO1. The number of allylic oxidation sites excluding steroid dienone is 1. The highest BCUT2D eigenvalue weighted by Crippen LogP contribution is 2.42. The van der Waals surface area contributed by atoms with Crippen LogP contribution in [0.2, 0.25) is 0 Å². The number of Topliss-reactive ketones (excluding diaryl/α,β-unsaturated/α-hetero) is 1. The molecule has 0 spiro atoms. The molecule has 0 amide bonds. The maximum atomic E-state index is 13.5. The van der Waals surface area contributed by atoms with Crippen molar-refractivity contribution in [1.29, 1.82) is 0 Å². The zero-order chi connectivity index (χ0) is 20.5. The Kier molecular flexibility index (Phi) is 5.25. The predicted octanol–water partition coefficient (Wildman–Crippen LogP) is 2.93. The van der Waals surface area contributed by atoms with Crippen molar-refractivity contribution in [3.8, 4) is 11.5 Å². The third-order valence-electron chi connectivity index (χ3n) is 5.66. The molecular formula is C23H23FN2O4. The van der Waals surface area contributed by atoms with Crippen LogP contribution in [-0.2, 0) is 11.3 Å². The molecule has 0 atom stereocenters. The summed E-state index contributed by atoms with van der Waals surface area (Å²) in [5.41, 5.74) is 2.00. The number of nitrogens with zero attached hydrogens (tertiary/aromatic N) is 2. The number of morpholine rings is 1. The van der Waals surface area contributed by atoms with E-state index in [1.807, 2.05) is 6.07 Å². The molecule has 1 fully saturated rings. The maximum Gasteiger partial charge on any atom is 0.231 e. The second kappa shape index (κ2) is 8.18. The van der Waals surface area contributed by atoms with Gasteiger partial charge in [0.2, 0.25) is 5.78 Å². The third-order valence-corrected chi connectivity index (χ3v) is 5.66. The highest BCUT2D eigenvalue weighted by atomic mass is 19.1. The molecule has 30 heavy (non-hydrogen) atoms. The van der Waals surface area contributed by atoms with Gasteiger partial charge < -0.3 is 14.2 Å². The fourth-order valence-electron chi connectivity index (χ4n) is 4.00. The lowest BCUT2D eigenvalue weighted by Gasteiger charge is -2.33. The van der Waals surface area contributed by atoms with E-state index in [4.69, 9.17) is 14.2 Å². The van der Waals surface area contributed by atoms with Gasteiger partial charge in [-0.05, 0) is 35.9 Å². The lowest BCUT2D eigenvalue weighted by molar-refractivity contribution is 0.0239. The van der Waals surface area contributed by atoms with Gasteiger partial charge in [0.25, 0.3) is 0 Å². The first kappa shape index (κ1) is 19.2. The summed E-state index contributed by atoms with van der Waals surface area (Å²) in [5.74, 6) is 0.957. The molecule has 0 N–H and O–H groups in total. The van der Waals surface area contributed by atoms with Gasteiger partial charge in [0, 0.05) is 32.7 Å². The van der Waals surface area contributed by atoms with Gasteiger partial charge in [-0.25, -0.2) is 4.39 Å². The van der Waals surface area contributed by atoms with Gasteiger partial charge in [0.15, 0.2) is 5.76 Å². The van der Waals surface area contributed by atoms with Crippen molar-refractivity contribution in [2.24, 2.45) is 0 Å². The summed E-state index contributed by atoms with van der Waals surface area (Å²) in [6, 6.07) is 9.66. The van der Waals surface area contributed by atoms with Crippen LogP contribution in [0, 0.1) is 5.82 Å². The van der Waals surface area contributed by atoms with Crippen molar-refractivity contribution in [2.75, 3.05) is 46.1 Å². The Morgan fingerprint density at radius 1 is 1.07 bits per heavy atom. The van der Waals surface area contributed by atoms with Crippen molar-refractivity contribution in [3.63, 3.8) is 0 Å². The Balaban J connectivity index is 1.34. The minimum atomic E-state index is -0.353. The summed E-state index contributed by atoms with van der Waals surface area (Å²) in [7, 11) is 0. The summed E-state index contributed by atoms with van der Waals surface area (Å²) in [6.07, 6.45) is 1.58. The van der Waals surface area contributed by atoms with Crippen LogP contribution in [0.5, 0.6) is 11.5 Å². The van der Waals surface area contributed by atoms with E-state index in [1.54, 1.807) is 24.3 Å². The molecule has 0 aliphatic carbocycles. The van der Waals surface area contributed by atoms with Crippen LogP contribution in [0.1, 0.15) is 21.5 Å². The van der Waals surface area contributed by atoms with E-state index >= 15 is 0 Å². The van der Waals surface area contributed by atoms with E-state index in [0.717, 1.165) is 50.7 Å². The fourth-order valence-corrected chi connectivity index (χ4v) is 4.00. The van der Waals surface area contributed by atoms with Gasteiger partial charge >= 0.3 is 0 Å². The average Bonchev–Trinajstić information content (AvgIpc) is 3.09. The van der Waals surface area contributed by atoms with E-state index in [1.165, 1.54) is 12.1 Å². The molecule has 0 bridgehead atoms. The topological polar surface area (TPSA) is 51.2 Å². The number of hydrogen-bond acceptors (Lipinski definition) is 6. The van der Waals surface area contributed by atoms with Gasteiger partial charge in [-0.3, -0.25) is 14.6 Å². The molecule has 3 aliphatic heterocycles. The minimum absolute atomic E-state index is 0.192. The second-order valence-corrected chi connectivity index (χ2v) is 7.69. The van der Waals surface area contributed by atoms with Crippen LogP contribution in [0.15, 0.2) is 42.2 Å². The van der Waals surface area contributed by atoms with E-state index in [0.29, 0.717) is 30.2 Å². The first-order valence-electron chi connectivity index (χ1n) is 10.2. The molecule has 0 radical (unpaired) electrons. The number of hydrogen-bond donors (Lipinski definition) is 0.